The summed E-state index contributed by atoms with van der Waals surface area (Å²) in [6, 6.07) is 63.3. The number of rotatable bonds is 3. The highest BCUT2D eigenvalue weighted by molar-refractivity contribution is 6.23. The Labute approximate surface area is 323 Å². The zero-order valence-electron chi connectivity index (χ0n) is 30.4. The number of aromatic nitrogens is 7. The summed E-state index contributed by atoms with van der Waals surface area (Å²) in [5.74, 6) is 1.80. The van der Waals surface area contributed by atoms with Gasteiger partial charge >= 0.3 is 0 Å². The quantitative estimate of drug-likeness (QED) is 0.182. The molecule has 264 valence electrons. The molecule has 0 N–H and O–H groups in total. The molecule has 0 aliphatic carbocycles. The van der Waals surface area contributed by atoms with Crippen molar-refractivity contribution >= 4 is 93.8 Å². The number of nitrogens with zero attached hydrogens (tertiary/aromatic N) is 7. The van der Waals surface area contributed by atoms with Crippen LogP contribution in [0.2, 0.25) is 0 Å². The van der Waals surface area contributed by atoms with Gasteiger partial charge in [-0.3, -0.25) is 17.9 Å². The largest absolute Gasteiger partial charge is 0.308 e. The van der Waals surface area contributed by atoms with E-state index in [-0.39, 0.29) is 0 Å². The zero-order chi connectivity index (χ0) is 36.9. The molecule has 0 amide bonds. The van der Waals surface area contributed by atoms with Gasteiger partial charge in [0.1, 0.15) is 0 Å². The standard InChI is InChI=1S/C50H29N7/c1-2-11-32(12-3-1)53-44-24-21-30(27-46(44)56-42-19-8-5-16-38(42)51-49(53)56)31-22-25-45-47(28-31)57-43-20-9-6-17-39(43)52-50(57)54(45)33-23-26-41-37(29-33)36-15-10-14-35-34-13-4-7-18-40(34)55(41)48(35)36/h1-29H. The molecule has 6 aromatic heterocycles. The van der Waals surface area contributed by atoms with Gasteiger partial charge in [-0.15, -0.1) is 0 Å². The third-order valence-corrected chi connectivity index (χ3v) is 12.2. The summed E-state index contributed by atoms with van der Waals surface area (Å²) in [6.45, 7) is 0. The Morgan fingerprint density at radius 1 is 0.298 bits per heavy atom. The van der Waals surface area contributed by atoms with E-state index in [1.165, 1.54) is 38.1 Å². The number of hydrogen-bond donors (Lipinski definition) is 0. The van der Waals surface area contributed by atoms with Crippen LogP contribution in [-0.2, 0) is 0 Å². The van der Waals surface area contributed by atoms with Gasteiger partial charge in [-0.25, -0.2) is 9.97 Å². The first kappa shape index (κ1) is 29.5. The predicted octanol–water partition coefficient (Wildman–Crippen LogP) is 12.0. The summed E-state index contributed by atoms with van der Waals surface area (Å²) >= 11 is 0. The van der Waals surface area contributed by atoms with Crippen molar-refractivity contribution in [2.24, 2.45) is 0 Å². The number of hydrogen-bond acceptors (Lipinski definition) is 2. The summed E-state index contributed by atoms with van der Waals surface area (Å²) in [4.78, 5) is 10.4. The molecule has 0 bridgehead atoms. The van der Waals surface area contributed by atoms with Gasteiger partial charge < -0.3 is 4.40 Å². The van der Waals surface area contributed by atoms with E-state index in [1.807, 2.05) is 0 Å². The molecule has 0 aliphatic heterocycles. The van der Waals surface area contributed by atoms with Crippen molar-refractivity contribution in [2.45, 2.75) is 0 Å². The molecular weight excluding hydrogens is 699 g/mol. The van der Waals surface area contributed by atoms with E-state index < -0.39 is 0 Å². The van der Waals surface area contributed by atoms with E-state index in [4.69, 9.17) is 9.97 Å². The molecular formula is C50H29N7. The van der Waals surface area contributed by atoms with Crippen molar-refractivity contribution in [1.29, 1.82) is 0 Å². The van der Waals surface area contributed by atoms with Gasteiger partial charge in [0.05, 0.1) is 60.7 Å². The molecule has 57 heavy (non-hydrogen) atoms. The molecule has 0 saturated heterocycles. The highest BCUT2D eigenvalue weighted by atomic mass is 15.2. The first-order chi connectivity index (χ1) is 28.3. The lowest BCUT2D eigenvalue weighted by molar-refractivity contribution is 1.11. The SMILES string of the molecule is c1ccc(-n2c3ccc(-c4ccc5c(c4)n4c6ccccc6nc4n5-c4ccc5c(c4)c4cccc6c7ccccc7n5c64)cc3n3c4ccccc4nc23)cc1. The van der Waals surface area contributed by atoms with Crippen molar-refractivity contribution in [3.8, 4) is 22.5 Å². The Hall–Kier alpha value is -7.90. The Morgan fingerprint density at radius 2 is 0.807 bits per heavy atom. The maximum Gasteiger partial charge on any atom is 0.220 e. The number of fused-ring (bicyclic) bond motifs is 16. The average Bonchev–Trinajstić information content (AvgIpc) is 4.10. The molecule has 6 heterocycles. The molecule has 14 rings (SSSR count). The van der Waals surface area contributed by atoms with Gasteiger partial charge in [-0.2, -0.15) is 0 Å². The van der Waals surface area contributed by atoms with Gasteiger partial charge in [0.15, 0.2) is 0 Å². The second-order valence-corrected chi connectivity index (χ2v) is 15.1. The fourth-order valence-corrected chi connectivity index (χ4v) is 9.81. The van der Waals surface area contributed by atoms with Crippen LogP contribution in [0.5, 0.6) is 0 Å². The third-order valence-electron chi connectivity index (χ3n) is 12.2. The van der Waals surface area contributed by atoms with Crippen LogP contribution in [0.25, 0.3) is 116 Å². The van der Waals surface area contributed by atoms with E-state index in [0.717, 1.165) is 78.2 Å². The Morgan fingerprint density at radius 3 is 1.47 bits per heavy atom. The summed E-state index contributed by atoms with van der Waals surface area (Å²) in [5, 5.41) is 5.08. The maximum absolute atomic E-state index is 5.27. The minimum Gasteiger partial charge on any atom is -0.308 e. The smallest absolute Gasteiger partial charge is 0.220 e. The van der Waals surface area contributed by atoms with Crippen molar-refractivity contribution in [3.63, 3.8) is 0 Å². The fraction of sp³-hybridized carbons (Fsp3) is 0. The molecule has 0 fully saturated rings. The highest BCUT2D eigenvalue weighted by Gasteiger charge is 2.22. The molecule has 0 radical (unpaired) electrons. The van der Waals surface area contributed by atoms with E-state index in [2.05, 4.69) is 198 Å². The zero-order valence-corrected chi connectivity index (χ0v) is 30.4. The normalized spacial score (nSPS) is 12.6. The van der Waals surface area contributed by atoms with Crippen molar-refractivity contribution in [3.05, 3.63) is 176 Å². The Balaban J connectivity index is 1.02. The molecule has 14 aromatic rings. The van der Waals surface area contributed by atoms with E-state index >= 15 is 0 Å². The van der Waals surface area contributed by atoms with E-state index in [1.54, 1.807) is 0 Å². The topological polar surface area (TPSA) is 48.9 Å². The molecule has 0 aliphatic rings. The lowest BCUT2D eigenvalue weighted by Gasteiger charge is -2.08. The van der Waals surface area contributed by atoms with Gasteiger partial charge in [0.25, 0.3) is 0 Å². The Kier molecular flexibility index (Phi) is 5.40. The predicted molar refractivity (Wildman–Crippen MR) is 233 cm³/mol. The Bertz CT molecular complexity index is 3980. The molecule has 8 aromatic carbocycles. The van der Waals surface area contributed by atoms with Crippen molar-refractivity contribution in [2.75, 3.05) is 0 Å². The van der Waals surface area contributed by atoms with Gasteiger partial charge in [0, 0.05) is 32.9 Å². The number of benzene rings is 8. The van der Waals surface area contributed by atoms with Crippen LogP contribution in [0.3, 0.4) is 0 Å². The van der Waals surface area contributed by atoms with Gasteiger partial charge in [0.2, 0.25) is 11.6 Å². The summed E-state index contributed by atoms with van der Waals surface area (Å²) < 4.78 is 11.6. The van der Waals surface area contributed by atoms with Gasteiger partial charge in [-0.05, 0) is 96.1 Å². The van der Waals surface area contributed by atoms with Crippen LogP contribution >= 0.6 is 0 Å². The van der Waals surface area contributed by atoms with Crippen molar-refractivity contribution in [1.82, 2.24) is 32.3 Å². The van der Waals surface area contributed by atoms with Crippen LogP contribution in [0.1, 0.15) is 0 Å². The van der Waals surface area contributed by atoms with Crippen LogP contribution < -0.4 is 0 Å². The van der Waals surface area contributed by atoms with E-state index in [0.29, 0.717) is 0 Å². The summed E-state index contributed by atoms with van der Waals surface area (Å²) in [5.41, 5.74) is 16.7. The summed E-state index contributed by atoms with van der Waals surface area (Å²) in [7, 11) is 0. The lowest BCUT2D eigenvalue weighted by Crippen LogP contribution is -1.95. The minimum atomic E-state index is 0.895. The molecule has 0 spiro atoms. The third kappa shape index (κ3) is 3.71. The van der Waals surface area contributed by atoms with E-state index in [9.17, 15) is 0 Å². The first-order valence-corrected chi connectivity index (χ1v) is 19.3. The molecule has 0 atom stereocenters. The monoisotopic (exact) mass is 727 g/mol. The van der Waals surface area contributed by atoms with Crippen LogP contribution in [-0.4, -0.2) is 32.3 Å². The average molecular weight is 728 g/mol. The minimum absolute atomic E-state index is 0.895. The second-order valence-electron chi connectivity index (χ2n) is 15.1. The molecule has 7 heteroatoms. The lowest BCUT2D eigenvalue weighted by atomic mass is 10.0. The van der Waals surface area contributed by atoms with Crippen LogP contribution in [0, 0.1) is 0 Å². The molecule has 0 unspecified atom stereocenters. The molecule has 7 nitrogen and oxygen atoms in total. The number of para-hydroxylation sites is 7. The van der Waals surface area contributed by atoms with Gasteiger partial charge in [-0.1, -0.05) is 91.0 Å². The highest BCUT2D eigenvalue weighted by Crippen LogP contribution is 2.41. The first-order valence-electron chi connectivity index (χ1n) is 19.3. The van der Waals surface area contributed by atoms with Crippen LogP contribution in [0.4, 0.5) is 0 Å². The molecule has 0 saturated carbocycles. The van der Waals surface area contributed by atoms with Crippen molar-refractivity contribution < 1.29 is 0 Å². The fourth-order valence-electron chi connectivity index (χ4n) is 9.81. The second kappa shape index (κ2) is 10.4. The maximum atomic E-state index is 5.27. The summed E-state index contributed by atoms with van der Waals surface area (Å²) in [6.07, 6.45) is 0. The number of imidazole rings is 4. The van der Waals surface area contributed by atoms with Crippen LogP contribution in [0.15, 0.2) is 176 Å².